The van der Waals surface area contributed by atoms with Gasteiger partial charge in [0.05, 0.1) is 13.7 Å². The zero-order valence-corrected chi connectivity index (χ0v) is 14.9. The Hall–Kier alpha value is -2.72. The molecule has 1 aromatic carbocycles. The summed E-state index contributed by atoms with van der Waals surface area (Å²) < 4.78 is 19.2. The van der Waals surface area contributed by atoms with E-state index in [0.29, 0.717) is 36.5 Å². The zero-order valence-electron chi connectivity index (χ0n) is 14.9. The highest BCUT2D eigenvalue weighted by molar-refractivity contribution is 5.86. The summed E-state index contributed by atoms with van der Waals surface area (Å²) in [6.45, 7) is 0.679. The number of carbonyl (C=O) groups is 1. The Morgan fingerprint density at radius 1 is 1.44 bits per heavy atom. The molecule has 4 N–H and O–H groups in total. The van der Waals surface area contributed by atoms with E-state index < -0.39 is 23.0 Å². The number of nitrogens with zero attached hydrogens (tertiary/aromatic N) is 2. The van der Waals surface area contributed by atoms with Gasteiger partial charge >= 0.3 is 5.69 Å². The quantitative estimate of drug-likeness (QED) is 0.532. The molecule has 0 saturated carbocycles. The van der Waals surface area contributed by atoms with Gasteiger partial charge in [-0.1, -0.05) is 0 Å². The number of aliphatic hydroxyl groups is 1. The number of H-pyrrole nitrogens is 2. The maximum atomic E-state index is 14.1. The summed E-state index contributed by atoms with van der Waals surface area (Å²) >= 11 is 0. The van der Waals surface area contributed by atoms with E-state index in [0.717, 1.165) is 0 Å². The lowest BCUT2D eigenvalue weighted by Crippen LogP contribution is -2.57. The Labute approximate surface area is 154 Å². The second-order valence-corrected chi connectivity index (χ2v) is 6.55. The lowest BCUT2D eigenvalue weighted by atomic mass is 9.91. The van der Waals surface area contributed by atoms with Crippen LogP contribution in [0.3, 0.4) is 0 Å². The lowest BCUT2D eigenvalue weighted by molar-refractivity contribution is -0.157. The number of halogens is 1. The van der Waals surface area contributed by atoms with E-state index in [2.05, 4.69) is 20.5 Å². The molecule has 0 aliphatic carbocycles. The number of ether oxygens (including phenoxy) is 1. The molecule has 9 nitrogen and oxygen atoms in total. The van der Waals surface area contributed by atoms with Gasteiger partial charge in [-0.25, -0.2) is 14.3 Å². The molecule has 2 heterocycles. The summed E-state index contributed by atoms with van der Waals surface area (Å²) in [4.78, 5) is 27.7. The summed E-state index contributed by atoms with van der Waals surface area (Å²) in [7, 11) is 1.49. The number of aromatic nitrogens is 3. The SMILES string of the molecule is COc1ccc(F)c(CN2CCCC(O)(CNCc3n[nH]c(=O)[nH]3)C2=O)c1. The number of likely N-dealkylation sites (tertiary alicyclic amines) is 1. The molecular weight excluding hydrogens is 357 g/mol. The second-order valence-electron chi connectivity index (χ2n) is 6.55. The topological polar surface area (TPSA) is 123 Å². The molecule has 0 bridgehead atoms. The first kappa shape index (κ1) is 19.1. The van der Waals surface area contributed by atoms with Crippen molar-refractivity contribution in [1.82, 2.24) is 25.4 Å². The van der Waals surface area contributed by atoms with Gasteiger partial charge in [-0.15, -0.1) is 0 Å². The highest BCUT2D eigenvalue weighted by atomic mass is 19.1. The first-order valence-corrected chi connectivity index (χ1v) is 8.60. The lowest BCUT2D eigenvalue weighted by Gasteiger charge is -2.38. The molecule has 27 heavy (non-hydrogen) atoms. The van der Waals surface area contributed by atoms with E-state index in [1.807, 2.05) is 0 Å². The van der Waals surface area contributed by atoms with Crippen LogP contribution in [-0.4, -0.2) is 56.9 Å². The Balaban J connectivity index is 1.64. The van der Waals surface area contributed by atoms with Crippen molar-refractivity contribution >= 4 is 5.91 Å². The van der Waals surface area contributed by atoms with E-state index >= 15 is 0 Å². The Kier molecular flexibility index (Phi) is 5.57. The third-order valence-corrected chi connectivity index (χ3v) is 4.58. The van der Waals surface area contributed by atoms with Crippen molar-refractivity contribution in [2.75, 3.05) is 20.2 Å². The highest BCUT2D eigenvalue weighted by Gasteiger charge is 2.42. The van der Waals surface area contributed by atoms with Gasteiger partial charge in [0.25, 0.3) is 5.91 Å². The molecule has 1 fully saturated rings. The van der Waals surface area contributed by atoms with Crippen LogP contribution in [0.15, 0.2) is 23.0 Å². The number of piperidine rings is 1. The minimum Gasteiger partial charge on any atom is -0.497 e. The molecule has 0 radical (unpaired) electrons. The largest absolute Gasteiger partial charge is 0.497 e. The normalized spacial score (nSPS) is 20.1. The summed E-state index contributed by atoms with van der Waals surface area (Å²) in [5.74, 6) is -0.0136. The summed E-state index contributed by atoms with van der Waals surface area (Å²) in [6, 6.07) is 4.35. The van der Waals surface area contributed by atoms with Gasteiger partial charge in [0.2, 0.25) is 0 Å². The summed E-state index contributed by atoms with van der Waals surface area (Å²) in [5, 5.41) is 19.7. The predicted octanol–water partition coefficient (Wildman–Crippen LogP) is -0.111. The molecule has 1 aliphatic rings. The molecule has 146 valence electrons. The monoisotopic (exact) mass is 379 g/mol. The van der Waals surface area contributed by atoms with E-state index in [-0.39, 0.29) is 19.6 Å². The fourth-order valence-corrected chi connectivity index (χ4v) is 3.16. The van der Waals surface area contributed by atoms with Crippen LogP contribution in [0, 0.1) is 5.82 Å². The first-order chi connectivity index (χ1) is 12.9. The number of carbonyl (C=O) groups excluding carboxylic acids is 1. The maximum absolute atomic E-state index is 14.1. The van der Waals surface area contributed by atoms with Crippen LogP contribution in [0.1, 0.15) is 24.2 Å². The van der Waals surface area contributed by atoms with Crippen molar-refractivity contribution in [2.24, 2.45) is 0 Å². The molecule has 1 aromatic heterocycles. The number of methoxy groups -OCH3 is 1. The standard InChI is InChI=1S/C17H22FN5O4/c1-27-12-3-4-13(18)11(7-12)9-23-6-2-5-17(26,15(23)24)10-19-8-14-20-16(25)22-21-14/h3-4,7,19,26H,2,5-6,8-10H2,1H3,(H2,20,21,22,25). The number of hydrogen-bond acceptors (Lipinski definition) is 6. The fraction of sp³-hybridized carbons (Fsp3) is 0.471. The van der Waals surface area contributed by atoms with Crippen LogP contribution < -0.4 is 15.7 Å². The third-order valence-electron chi connectivity index (χ3n) is 4.58. The summed E-state index contributed by atoms with van der Waals surface area (Å²) in [6.07, 6.45) is 0.891. The van der Waals surface area contributed by atoms with Crippen molar-refractivity contribution in [3.8, 4) is 5.75 Å². The number of rotatable bonds is 7. The number of nitrogens with one attached hydrogen (secondary N) is 3. The smallest absolute Gasteiger partial charge is 0.340 e. The van der Waals surface area contributed by atoms with Crippen molar-refractivity contribution < 1.29 is 19.0 Å². The van der Waals surface area contributed by atoms with Crippen molar-refractivity contribution in [1.29, 1.82) is 0 Å². The van der Waals surface area contributed by atoms with E-state index in [1.165, 1.54) is 24.1 Å². The molecule has 3 rings (SSSR count). The average Bonchev–Trinajstić information content (AvgIpc) is 3.06. The molecule has 1 amide bonds. The maximum Gasteiger partial charge on any atom is 0.340 e. The van der Waals surface area contributed by atoms with Crippen molar-refractivity contribution in [3.63, 3.8) is 0 Å². The number of hydrogen-bond donors (Lipinski definition) is 4. The number of benzene rings is 1. The molecule has 0 spiro atoms. The molecule has 10 heteroatoms. The van der Waals surface area contributed by atoms with Crippen LogP contribution in [0.25, 0.3) is 0 Å². The van der Waals surface area contributed by atoms with Gasteiger partial charge in [0.1, 0.15) is 17.4 Å². The fourth-order valence-electron chi connectivity index (χ4n) is 3.16. The van der Waals surface area contributed by atoms with Crippen molar-refractivity contribution in [2.45, 2.75) is 31.5 Å². The van der Waals surface area contributed by atoms with Gasteiger partial charge in [-0.3, -0.25) is 9.78 Å². The van der Waals surface area contributed by atoms with Gasteiger partial charge in [0, 0.05) is 25.2 Å². The van der Waals surface area contributed by atoms with Crippen LogP contribution in [0.5, 0.6) is 5.75 Å². The Morgan fingerprint density at radius 2 is 2.26 bits per heavy atom. The van der Waals surface area contributed by atoms with E-state index in [4.69, 9.17) is 4.74 Å². The van der Waals surface area contributed by atoms with Gasteiger partial charge in [-0.2, -0.15) is 5.10 Å². The molecular formula is C17H22FN5O4. The molecule has 2 aromatic rings. The second kappa shape index (κ2) is 7.89. The Bertz CT molecular complexity index is 867. The van der Waals surface area contributed by atoms with Gasteiger partial charge in [-0.05, 0) is 31.0 Å². The third kappa shape index (κ3) is 4.34. The van der Waals surface area contributed by atoms with Crippen LogP contribution in [0.4, 0.5) is 4.39 Å². The van der Waals surface area contributed by atoms with E-state index in [1.54, 1.807) is 6.07 Å². The summed E-state index contributed by atoms with van der Waals surface area (Å²) in [5.41, 5.74) is -1.69. The van der Waals surface area contributed by atoms with Crippen molar-refractivity contribution in [3.05, 3.63) is 45.9 Å². The Morgan fingerprint density at radius 3 is 2.96 bits per heavy atom. The predicted molar refractivity (Wildman–Crippen MR) is 93.5 cm³/mol. The van der Waals surface area contributed by atoms with Gasteiger partial charge < -0.3 is 20.1 Å². The first-order valence-electron chi connectivity index (χ1n) is 8.60. The molecule has 1 unspecified atom stereocenters. The highest BCUT2D eigenvalue weighted by Crippen LogP contribution is 2.25. The average molecular weight is 379 g/mol. The van der Waals surface area contributed by atoms with Crippen LogP contribution >= 0.6 is 0 Å². The molecule has 1 saturated heterocycles. The molecule has 1 atom stereocenters. The minimum absolute atomic E-state index is 0.00217. The van der Waals surface area contributed by atoms with Crippen LogP contribution in [-0.2, 0) is 17.9 Å². The van der Waals surface area contributed by atoms with Gasteiger partial charge in [0.15, 0.2) is 5.60 Å². The zero-order chi connectivity index (χ0) is 19.4. The minimum atomic E-state index is -1.59. The number of aromatic amines is 2. The number of amides is 1. The molecule has 1 aliphatic heterocycles. The van der Waals surface area contributed by atoms with Crippen LogP contribution in [0.2, 0.25) is 0 Å². The van der Waals surface area contributed by atoms with E-state index in [9.17, 15) is 19.1 Å².